The lowest BCUT2D eigenvalue weighted by atomic mass is 10.1. The van der Waals surface area contributed by atoms with Gasteiger partial charge in [-0.1, -0.05) is 6.07 Å². The largest absolute Gasteiger partial charge is 0.380 e. The Labute approximate surface area is 131 Å². The molecule has 1 heterocycles. The van der Waals surface area contributed by atoms with E-state index in [1.165, 1.54) is 16.4 Å². The minimum Gasteiger partial charge on any atom is -0.380 e. The first-order chi connectivity index (χ1) is 10.4. The van der Waals surface area contributed by atoms with E-state index in [2.05, 4.69) is 0 Å². The second kappa shape index (κ2) is 7.20. The van der Waals surface area contributed by atoms with E-state index < -0.39 is 10.0 Å². The van der Waals surface area contributed by atoms with Gasteiger partial charge >= 0.3 is 0 Å². The maximum Gasteiger partial charge on any atom is 0.243 e. The van der Waals surface area contributed by atoms with Crippen LogP contribution in [0.1, 0.15) is 5.56 Å². The number of benzene rings is 1. The fourth-order valence-corrected chi connectivity index (χ4v) is 4.12. The van der Waals surface area contributed by atoms with Gasteiger partial charge in [0, 0.05) is 25.6 Å². The standard InChI is InChI=1S/C15H21N3O3S/c1-17(2)10-14-11-18(6-7-21-12-14)22(19,20)15-5-3-4-13(8-15)9-16/h3-5,8,14H,6-7,10-12H2,1-2H3. The molecule has 1 aliphatic rings. The zero-order valence-electron chi connectivity index (χ0n) is 12.9. The molecular formula is C15H21N3O3S. The van der Waals surface area contributed by atoms with Crippen molar-refractivity contribution in [1.82, 2.24) is 9.21 Å². The predicted octanol–water partition coefficient (Wildman–Crippen LogP) is 0.757. The Bertz CT molecular complexity index is 652. The Kier molecular flexibility index (Phi) is 5.53. The lowest BCUT2D eigenvalue weighted by Gasteiger charge is -2.25. The van der Waals surface area contributed by atoms with Gasteiger partial charge < -0.3 is 9.64 Å². The van der Waals surface area contributed by atoms with E-state index in [1.54, 1.807) is 12.1 Å². The molecular weight excluding hydrogens is 302 g/mol. The molecule has 0 spiro atoms. The van der Waals surface area contributed by atoms with Crippen molar-refractivity contribution >= 4 is 10.0 Å². The minimum absolute atomic E-state index is 0.131. The van der Waals surface area contributed by atoms with Crippen molar-refractivity contribution in [3.8, 4) is 6.07 Å². The van der Waals surface area contributed by atoms with Gasteiger partial charge in [-0.05, 0) is 32.3 Å². The molecule has 1 aromatic rings. The minimum atomic E-state index is -3.60. The summed E-state index contributed by atoms with van der Waals surface area (Å²) in [5, 5.41) is 8.94. The SMILES string of the molecule is CN(C)CC1COCCN(S(=O)(=O)c2cccc(C#N)c2)C1. The molecule has 2 rings (SSSR count). The Morgan fingerprint density at radius 2 is 2.23 bits per heavy atom. The average Bonchev–Trinajstić information content (AvgIpc) is 2.72. The third-order valence-corrected chi connectivity index (χ3v) is 5.39. The third kappa shape index (κ3) is 4.05. The van der Waals surface area contributed by atoms with E-state index in [-0.39, 0.29) is 10.8 Å². The third-order valence-electron chi connectivity index (χ3n) is 3.52. The summed E-state index contributed by atoms with van der Waals surface area (Å²) in [4.78, 5) is 2.19. The molecule has 22 heavy (non-hydrogen) atoms. The van der Waals surface area contributed by atoms with Gasteiger partial charge in [0.2, 0.25) is 10.0 Å². The summed E-state index contributed by atoms with van der Waals surface area (Å²) in [5.41, 5.74) is 0.344. The van der Waals surface area contributed by atoms with E-state index in [9.17, 15) is 8.42 Å². The van der Waals surface area contributed by atoms with Crippen LogP contribution in [0.4, 0.5) is 0 Å². The summed E-state index contributed by atoms with van der Waals surface area (Å²) in [6.07, 6.45) is 0. The Morgan fingerprint density at radius 1 is 1.45 bits per heavy atom. The van der Waals surface area contributed by atoms with Crippen LogP contribution >= 0.6 is 0 Å². The summed E-state index contributed by atoms with van der Waals surface area (Å²) in [6, 6.07) is 8.12. The normalized spacial score (nSPS) is 20.5. The van der Waals surface area contributed by atoms with Gasteiger partial charge in [-0.15, -0.1) is 0 Å². The topological polar surface area (TPSA) is 73.6 Å². The van der Waals surface area contributed by atoms with Crippen LogP contribution in [0.15, 0.2) is 29.2 Å². The number of hydrogen-bond donors (Lipinski definition) is 0. The zero-order valence-corrected chi connectivity index (χ0v) is 13.7. The molecule has 0 aliphatic carbocycles. The molecule has 0 saturated carbocycles. The molecule has 1 unspecified atom stereocenters. The van der Waals surface area contributed by atoms with Crippen LogP contribution in [-0.2, 0) is 14.8 Å². The lowest BCUT2D eigenvalue weighted by molar-refractivity contribution is 0.113. The highest BCUT2D eigenvalue weighted by atomic mass is 32.2. The van der Waals surface area contributed by atoms with E-state index in [4.69, 9.17) is 10.00 Å². The molecule has 1 atom stereocenters. The zero-order chi connectivity index (χ0) is 16.2. The van der Waals surface area contributed by atoms with Crippen molar-refractivity contribution in [1.29, 1.82) is 5.26 Å². The van der Waals surface area contributed by atoms with Crippen LogP contribution in [0.3, 0.4) is 0 Å². The van der Waals surface area contributed by atoms with Crippen LogP contribution in [0.25, 0.3) is 0 Å². The van der Waals surface area contributed by atoms with E-state index in [1.807, 2.05) is 25.1 Å². The van der Waals surface area contributed by atoms with Crippen LogP contribution in [0.2, 0.25) is 0 Å². The summed E-state index contributed by atoms with van der Waals surface area (Å²) in [6.45, 7) is 2.48. The molecule has 0 N–H and O–H groups in total. The molecule has 1 fully saturated rings. The molecule has 0 bridgehead atoms. The second-order valence-corrected chi connectivity index (χ2v) is 7.64. The van der Waals surface area contributed by atoms with Crippen LogP contribution in [0, 0.1) is 17.2 Å². The van der Waals surface area contributed by atoms with Crippen molar-refractivity contribution in [2.45, 2.75) is 4.90 Å². The molecule has 7 heteroatoms. The molecule has 6 nitrogen and oxygen atoms in total. The highest BCUT2D eigenvalue weighted by Gasteiger charge is 2.29. The highest BCUT2D eigenvalue weighted by molar-refractivity contribution is 7.89. The summed E-state index contributed by atoms with van der Waals surface area (Å²) in [5.74, 6) is 0.131. The van der Waals surface area contributed by atoms with Crippen LogP contribution < -0.4 is 0 Å². The van der Waals surface area contributed by atoms with Gasteiger partial charge in [0.1, 0.15) is 0 Å². The van der Waals surface area contributed by atoms with E-state index in [0.717, 1.165) is 6.54 Å². The van der Waals surface area contributed by atoms with E-state index in [0.29, 0.717) is 31.9 Å². The number of ether oxygens (including phenoxy) is 1. The first-order valence-electron chi connectivity index (χ1n) is 7.16. The van der Waals surface area contributed by atoms with Gasteiger partial charge in [-0.2, -0.15) is 9.57 Å². The quantitative estimate of drug-likeness (QED) is 0.818. The van der Waals surface area contributed by atoms with Crippen molar-refractivity contribution in [2.75, 3.05) is 46.9 Å². The average molecular weight is 323 g/mol. The number of sulfonamides is 1. The Morgan fingerprint density at radius 3 is 2.91 bits per heavy atom. The Hall–Kier alpha value is -1.46. The number of nitriles is 1. The molecule has 0 radical (unpaired) electrons. The molecule has 1 saturated heterocycles. The van der Waals surface area contributed by atoms with Crippen molar-refractivity contribution in [2.24, 2.45) is 5.92 Å². The fourth-order valence-electron chi connectivity index (χ4n) is 2.57. The first-order valence-corrected chi connectivity index (χ1v) is 8.60. The van der Waals surface area contributed by atoms with Gasteiger partial charge in [0.05, 0.1) is 29.7 Å². The van der Waals surface area contributed by atoms with Crippen LogP contribution in [0.5, 0.6) is 0 Å². The number of rotatable bonds is 4. The summed E-state index contributed by atoms with van der Waals surface area (Å²) < 4.78 is 32.6. The van der Waals surface area contributed by atoms with Gasteiger partial charge in [-0.25, -0.2) is 8.42 Å². The van der Waals surface area contributed by atoms with E-state index >= 15 is 0 Å². The monoisotopic (exact) mass is 323 g/mol. The van der Waals surface area contributed by atoms with Crippen molar-refractivity contribution in [3.05, 3.63) is 29.8 Å². The van der Waals surface area contributed by atoms with Gasteiger partial charge in [0.25, 0.3) is 0 Å². The van der Waals surface area contributed by atoms with Crippen LogP contribution in [-0.4, -0.2) is 64.6 Å². The maximum absolute atomic E-state index is 12.8. The second-order valence-electron chi connectivity index (χ2n) is 5.71. The first kappa shape index (κ1) is 16.9. The summed E-state index contributed by atoms with van der Waals surface area (Å²) in [7, 11) is 0.314. The smallest absolute Gasteiger partial charge is 0.243 e. The molecule has 1 aromatic carbocycles. The summed E-state index contributed by atoms with van der Waals surface area (Å²) >= 11 is 0. The Balaban J connectivity index is 2.24. The molecule has 0 aromatic heterocycles. The number of hydrogen-bond acceptors (Lipinski definition) is 5. The van der Waals surface area contributed by atoms with Crippen molar-refractivity contribution < 1.29 is 13.2 Å². The molecule has 0 amide bonds. The fraction of sp³-hybridized carbons (Fsp3) is 0.533. The molecule has 1 aliphatic heterocycles. The maximum atomic E-state index is 12.8. The number of nitrogens with zero attached hydrogens (tertiary/aromatic N) is 3. The molecule has 120 valence electrons. The van der Waals surface area contributed by atoms with Gasteiger partial charge in [-0.3, -0.25) is 0 Å². The van der Waals surface area contributed by atoms with Gasteiger partial charge in [0.15, 0.2) is 0 Å². The predicted molar refractivity (Wildman–Crippen MR) is 82.8 cm³/mol. The lowest BCUT2D eigenvalue weighted by Crippen LogP contribution is -2.38. The van der Waals surface area contributed by atoms with Crippen molar-refractivity contribution in [3.63, 3.8) is 0 Å². The highest BCUT2D eigenvalue weighted by Crippen LogP contribution is 2.20.